The predicted molar refractivity (Wildman–Crippen MR) is 54.0 cm³/mol. The van der Waals surface area contributed by atoms with E-state index in [4.69, 9.17) is 4.74 Å². The molecule has 0 saturated carbocycles. The maximum absolute atomic E-state index is 13.0. The minimum atomic E-state index is -0.460. The van der Waals surface area contributed by atoms with Crippen molar-refractivity contribution in [3.05, 3.63) is 35.7 Å². The first kappa shape index (κ1) is 11.2. The molecule has 0 heterocycles. The van der Waals surface area contributed by atoms with E-state index in [1.807, 2.05) is 0 Å². The fourth-order valence-corrected chi connectivity index (χ4v) is 1.01. The second kappa shape index (κ2) is 5.14. The molecule has 0 aliphatic heterocycles. The Morgan fingerprint density at radius 3 is 2.73 bits per heavy atom. The molecule has 15 heavy (non-hydrogen) atoms. The fraction of sp³-hybridized carbons (Fsp3) is 0.182. The van der Waals surface area contributed by atoms with E-state index in [0.717, 1.165) is 0 Å². The molecule has 0 saturated heterocycles. The largest absolute Gasteiger partial charge is 0.494 e. The number of methoxy groups -OCH3 is 2. The van der Waals surface area contributed by atoms with Crippen LogP contribution in [-0.2, 0) is 9.53 Å². The lowest BCUT2D eigenvalue weighted by molar-refractivity contribution is -0.134. The summed E-state index contributed by atoms with van der Waals surface area (Å²) in [7, 11) is 2.67. The number of ether oxygens (including phenoxy) is 2. The van der Waals surface area contributed by atoms with Crippen LogP contribution in [0, 0.1) is 5.82 Å². The molecule has 4 heteroatoms. The number of rotatable bonds is 3. The number of esters is 1. The highest BCUT2D eigenvalue weighted by molar-refractivity contribution is 5.86. The number of hydrogen-bond donors (Lipinski definition) is 0. The molecule has 0 spiro atoms. The molecule has 0 atom stereocenters. The van der Waals surface area contributed by atoms with Gasteiger partial charge in [-0.15, -0.1) is 0 Å². The molecule has 80 valence electrons. The van der Waals surface area contributed by atoms with Crippen molar-refractivity contribution in [3.63, 3.8) is 0 Å². The first-order chi connectivity index (χ1) is 7.17. The zero-order valence-electron chi connectivity index (χ0n) is 8.49. The molecule has 1 aromatic rings. The van der Waals surface area contributed by atoms with Gasteiger partial charge in [0, 0.05) is 6.08 Å². The Labute approximate surface area is 87.1 Å². The normalized spacial score (nSPS) is 10.3. The van der Waals surface area contributed by atoms with Gasteiger partial charge in [0.25, 0.3) is 0 Å². The lowest BCUT2D eigenvalue weighted by Crippen LogP contribution is -1.93. The molecular weight excluding hydrogens is 199 g/mol. The average molecular weight is 210 g/mol. The highest BCUT2D eigenvalue weighted by Crippen LogP contribution is 2.18. The molecule has 0 aliphatic rings. The standard InChI is InChI=1S/C11H11FO3/c1-14-10-7-8(3-5-9(10)12)4-6-11(13)15-2/h3-7H,1-2H3. The summed E-state index contributed by atoms with van der Waals surface area (Å²) < 4.78 is 22.2. The monoisotopic (exact) mass is 210 g/mol. The summed E-state index contributed by atoms with van der Waals surface area (Å²) in [5, 5.41) is 0. The number of carbonyl (C=O) groups is 1. The van der Waals surface area contributed by atoms with Crippen LogP contribution in [0.3, 0.4) is 0 Å². The van der Waals surface area contributed by atoms with Crippen molar-refractivity contribution in [1.29, 1.82) is 0 Å². The zero-order chi connectivity index (χ0) is 11.3. The third-order valence-electron chi connectivity index (χ3n) is 1.79. The summed E-state index contributed by atoms with van der Waals surface area (Å²) in [5.41, 5.74) is 0.665. The first-order valence-electron chi connectivity index (χ1n) is 4.27. The van der Waals surface area contributed by atoms with Crippen molar-refractivity contribution in [2.24, 2.45) is 0 Å². The smallest absolute Gasteiger partial charge is 0.330 e. The zero-order valence-corrected chi connectivity index (χ0v) is 8.49. The predicted octanol–water partition coefficient (Wildman–Crippen LogP) is 2.02. The third kappa shape index (κ3) is 3.09. The molecule has 0 aromatic heterocycles. The van der Waals surface area contributed by atoms with E-state index in [-0.39, 0.29) is 5.75 Å². The van der Waals surface area contributed by atoms with E-state index in [9.17, 15) is 9.18 Å². The van der Waals surface area contributed by atoms with E-state index >= 15 is 0 Å². The van der Waals surface area contributed by atoms with Gasteiger partial charge in [-0.3, -0.25) is 0 Å². The first-order valence-corrected chi connectivity index (χ1v) is 4.27. The third-order valence-corrected chi connectivity index (χ3v) is 1.79. The van der Waals surface area contributed by atoms with Crippen LogP contribution in [0.15, 0.2) is 24.3 Å². The van der Waals surface area contributed by atoms with Gasteiger partial charge < -0.3 is 9.47 Å². The van der Waals surface area contributed by atoms with Crippen LogP contribution in [0.25, 0.3) is 6.08 Å². The Balaban J connectivity index is 2.87. The van der Waals surface area contributed by atoms with Gasteiger partial charge >= 0.3 is 5.97 Å². The van der Waals surface area contributed by atoms with E-state index in [1.54, 1.807) is 0 Å². The summed E-state index contributed by atoms with van der Waals surface area (Å²) in [4.78, 5) is 10.8. The average Bonchev–Trinajstić information content (AvgIpc) is 2.27. The van der Waals surface area contributed by atoms with Crippen LogP contribution >= 0.6 is 0 Å². The van der Waals surface area contributed by atoms with E-state index in [2.05, 4.69) is 4.74 Å². The number of hydrogen-bond acceptors (Lipinski definition) is 3. The molecule has 0 amide bonds. The second-order valence-corrected chi connectivity index (χ2v) is 2.75. The molecule has 0 unspecified atom stereocenters. The quantitative estimate of drug-likeness (QED) is 0.565. The molecule has 0 fully saturated rings. The SMILES string of the molecule is COC(=O)C=Cc1ccc(F)c(OC)c1. The van der Waals surface area contributed by atoms with Gasteiger partial charge in [0.1, 0.15) is 0 Å². The van der Waals surface area contributed by atoms with Gasteiger partial charge in [-0.2, -0.15) is 0 Å². The molecule has 1 aromatic carbocycles. The molecule has 0 radical (unpaired) electrons. The fourth-order valence-electron chi connectivity index (χ4n) is 1.01. The molecular formula is C11H11FO3. The van der Waals surface area contributed by atoms with Gasteiger partial charge in [0.15, 0.2) is 11.6 Å². The van der Waals surface area contributed by atoms with Crippen molar-refractivity contribution < 1.29 is 18.7 Å². The molecule has 0 aliphatic carbocycles. The minimum absolute atomic E-state index is 0.141. The van der Waals surface area contributed by atoms with Crippen LogP contribution in [0.1, 0.15) is 5.56 Å². The lowest BCUT2D eigenvalue weighted by atomic mass is 10.2. The van der Waals surface area contributed by atoms with Crippen molar-refractivity contribution in [2.75, 3.05) is 14.2 Å². The summed E-state index contributed by atoms with van der Waals surface area (Å²) in [6, 6.07) is 4.31. The second-order valence-electron chi connectivity index (χ2n) is 2.75. The van der Waals surface area contributed by atoms with Crippen LogP contribution in [0.2, 0.25) is 0 Å². The minimum Gasteiger partial charge on any atom is -0.494 e. The number of carbonyl (C=O) groups excluding carboxylic acids is 1. The maximum atomic E-state index is 13.0. The Morgan fingerprint density at radius 1 is 1.40 bits per heavy atom. The number of halogens is 1. The Hall–Kier alpha value is -1.84. The van der Waals surface area contributed by atoms with Crippen molar-refractivity contribution in [3.8, 4) is 5.75 Å². The number of benzene rings is 1. The molecule has 0 N–H and O–H groups in total. The van der Waals surface area contributed by atoms with Crippen LogP contribution in [-0.4, -0.2) is 20.2 Å². The summed E-state index contributed by atoms with van der Waals surface area (Å²) in [5.74, 6) is -0.756. The topological polar surface area (TPSA) is 35.5 Å². The van der Waals surface area contributed by atoms with E-state index < -0.39 is 11.8 Å². The van der Waals surface area contributed by atoms with Gasteiger partial charge in [0.05, 0.1) is 14.2 Å². The molecule has 0 bridgehead atoms. The Bertz CT molecular complexity index is 385. The van der Waals surface area contributed by atoms with Gasteiger partial charge in [-0.25, -0.2) is 9.18 Å². The van der Waals surface area contributed by atoms with Gasteiger partial charge in [-0.05, 0) is 23.8 Å². The van der Waals surface area contributed by atoms with Gasteiger partial charge in [0.2, 0.25) is 0 Å². The summed E-state index contributed by atoms with van der Waals surface area (Å²) >= 11 is 0. The summed E-state index contributed by atoms with van der Waals surface area (Å²) in [6.45, 7) is 0. The van der Waals surface area contributed by atoms with Crippen LogP contribution in [0.5, 0.6) is 5.75 Å². The maximum Gasteiger partial charge on any atom is 0.330 e. The van der Waals surface area contributed by atoms with E-state index in [1.165, 1.54) is 44.6 Å². The van der Waals surface area contributed by atoms with Crippen molar-refractivity contribution in [1.82, 2.24) is 0 Å². The molecule has 3 nitrogen and oxygen atoms in total. The molecule has 1 rings (SSSR count). The van der Waals surface area contributed by atoms with E-state index in [0.29, 0.717) is 5.56 Å². The van der Waals surface area contributed by atoms with Crippen LogP contribution < -0.4 is 4.74 Å². The Morgan fingerprint density at radius 2 is 2.13 bits per heavy atom. The summed E-state index contributed by atoms with van der Waals surface area (Å²) in [6.07, 6.45) is 2.78. The van der Waals surface area contributed by atoms with Crippen LogP contribution in [0.4, 0.5) is 4.39 Å². The van der Waals surface area contributed by atoms with Gasteiger partial charge in [-0.1, -0.05) is 6.07 Å². The van der Waals surface area contributed by atoms with Crippen molar-refractivity contribution in [2.45, 2.75) is 0 Å². The lowest BCUT2D eigenvalue weighted by Gasteiger charge is -2.02. The highest BCUT2D eigenvalue weighted by Gasteiger charge is 2.01. The highest BCUT2D eigenvalue weighted by atomic mass is 19.1. The Kier molecular flexibility index (Phi) is 3.85. The van der Waals surface area contributed by atoms with Crippen molar-refractivity contribution >= 4 is 12.0 Å².